The van der Waals surface area contributed by atoms with E-state index in [2.05, 4.69) is 42.0 Å². The van der Waals surface area contributed by atoms with E-state index in [-0.39, 0.29) is 0 Å². The molecular weight excluding hydrogens is 286 g/mol. The first-order chi connectivity index (χ1) is 11.1. The Hall–Kier alpha value is -2.53. The van der Waals surface area contributed by atoms with Gasteiger partial charge in [-0.15, -0.1) is 0 Å². The molecule has 0 aliphatic carbocycles. The summed E-state index contributed by atoms with van der Waals surface area (Å²) in [5.74, 6) is 1.67. The van der Waals surface area contributed by atoms with Crippen LogP contribution in [0.15, 0.2) is 48.8 Å². The molecule has 0 saturated carbocycles. The van der Waals surface area contributed by atoms with Crippen LogP contribution in [-0.4, -0.2) is 54.1 Å². The Kier molecular flexibility index (Phi) is 4.48. The molecule has 23 heavy (non-hydrogen) atoms. The van der Waals surface area contributed by atoms with Gasteiger partial charge in [0.1, 0.15) is 5.82 Å². The highest BCUT2D eigenvalue weighted by Gasteiger charge is 2.12. The lowest BCUT2D eigenvalue weighted by Gasteiger charge is -2.22. The number of benzene rings is 1. The second-order valence-corrected chi connectivity index (χ2v) is 5.85. The largest absolute Gasteiger partial charge is 0.358 e. The Balaban J connectivity index is 2.07. The molecule has 118 valence electrons. The van der Waals surface area contributed by atoms with Gasteiger partial charge in [0.15, 0.2) is 5.82 Å². The van der Waals surface area contributed by atoms with Crippen LogP contribution in [0.4, 0.5) is 5.82 Å². The van der Waals surface area contributed by atoms with Gasteiger partial charge >= 0.3 is 0 Å². The summed E-state index contributed by atoms with van der Waals surface area (Å²) in [4.78, 5) is 18.0. The van der Waals surface area contributed by atoms with E-state index in [1.165, 1.54) is 0 Å². The molecule has 0 aliphatic heterocycles. The van der Waals surface area contributed by atoms with Crippen molar-refractivity contribution in [2.24, 2.45) is 0 Å². The molecule has 0 bridgehead atoms. The Morgan fingerprint density at radius 3 is 2.48 bits per heavy atom. The predicted molar refractivity (Wildman–Crippen MR) is 94.6 cm³/mol. The van der Waals surface area contributed by atoms with Crippen molar-refractivity contribution in [1.29, 1.82) is 0 Å². The Labute approximate surface area is 136 Å². The van der Waals surface area contributed by atoms with Crippen molar-refractivity contribution < 1.29 is 0 Å². The SMILES string of the molecule is CN(C)CCN(C)c1nc(-c2cccnc2)nc2ccccc12. The predicted octanol–water partition coefficient (Wildman–Crippen LogP) is 2.69. The molecule has 0 unspecified atom stereocenters. The molecule has 3 rings (SSSR count). The lowest BCUT2D eigenvalue weighted by Crippen LogP contribution is -2.29. The van der Waals surface area contributed by atoms with E-state index in [1.54, 1.807) is 12.4 Å². The molecule has 0 radical (unpaired) electrons. The molecule has 0 saturated heterocycles. The third-order valence-electron chi connectivity index (χ3n) is 3.75. The molecule has 2 aromatic heterocycles. The minimum atomic E-state index is 0.712. The molecule has 5 heteroatoms. The highest BCUT2D eigenvalue weighted by Crippen LogP contribution is 2.26. The number of rotatable bonds is 5. The van der Waals surface area contributed by atoms with E-state index in [4.69, 9.17) is 9.97 Å². The molecule has 2 heterocycles. The van der Waals surface area contributed by atoms with Crippen LogP contribution in [0.5, 0.6) is 0 Å². The molecule has 0 aliphatic rings. The molecule has 3 aromatic rings. The maximum atomic E-state index is 4.81. The van der Waals surface area contributed by atoms with Crippen LogP contribution in [-0.2, 0) is 0 Å². The molecule has 0 atom stereocenters. The summed E-state index contributed by atoms with van der Waals surface area (Å²) in [5.41, 5.74) is 1.88. The van der Waals surface area contributed by atoms with Crippen molar-refractivity contribution >= 4 is 16.7 Å². The third-order valence-corrected chi connectivity index (χ3v) is 3.75. The Morgan fingerprint density at radius 2 is 1.74 bits per heavy atom. The van der Waals surface area contributed by atoms with Gasteiger partial charge in [0, 0.05) is 43.5 Å². The van der Waals surface area contributed by atoms with Crippen molar-refractivity contribution in [1.82, 2.24) is 19.9 Å². The van der Waals surface area contributed by atoms with Gasteiger partial charge in [0.2, 0.25) is 0 Å². The van der Waals surface area contributed by atoms with Crippen LogP contribution < -0.4 is 4.90 Å². The quantitative estimate of drug-likeness (QED) is 0.725. The van der Waals surface area contributed by atoms with E-state index in [9.17, 15) is 0 Å². The zero-order valence-electron chi connectivity index (χ0n) is 13.8. The minimum absolute atomic E-state index is 0.712. The van der Waals surface area contributed by atoms with Gasteiger partial charge < -0.3 is 9.80 Å². The first-order valence-corrected chi connectivity index (χ1v) is 7.68. The second kappa shape index (κ2) is 6.71. The van der Waals surface area contributed by atoms with Gasteiger partial charge in [0.05, 0.1) is 5.52 Å². The van der Waals surface area contributed by atoms with E-state index < -0.39 is 0 Å². The number of para-hydroxylation sites is 1. The first kappa shape index (κ1) is 15.4. The zero-order valence-corrected chi connectivity index (χ0v) is 13.8. The van der Waals surface area contributed by atoms with Crippen molar-refractivity contribution in [2.75, 3.05) is 39.1 Å². The fourth-order valence-electron chi connectivity index (χ4n) is 2.43. The molecular formula is C18H21N5. The van der Waals surface area contributed by atoms with E-state index in [0.717, 1.165) is 35.4 Å². The summed E-state index contributed by atoms with van der Waals surface area (Å²) in [6.45, 7) is 1.87. The van der Waals surface area contributed by atoms with Crippen molar-refractivity contribution in [3.05, 3.63) is 48.8 Å². The summed E-state index contributed by atoms with van der Waals surface area (Å²) >= 11 is 0. The smallest absolute Gasteiger partial charge is 0.163 e. The second-order valence-electron chi connectivity index (χ2n) is 5.85. The minimum Gasteiger partial charge on any atom is -0.358 e. The topological polar surface area (TPSA) is 45.2 Å². The van der Waals surface area contributed by atoms with Gasteiger partial charge in [-0.3, -0.25) is 4.98 Å². The highest BCUT2D eigenvalue weighted by atomic mass is 15.2. The number of pyridine rings is 1. The molecule has 5 nitrogen and oxygen atoms in total. The Morgan fingerprint density at radius 1 is 0.913 bits per heavy atom. The maximum Gasteiger partial charge on any atom is 0.163 e. The monoisotopic (exact) mass is 307 g/mol. The number of hydrogen-bond donors (Lipinski definition) is 0. The van der Waals surface area contributed by atoms with Gasteiger partial charge in [-0.25, -0.2) is 9.97 Å². The zero-order chi connectivity index (χ0) is 16.2. The van der Waals surface area contributed by atoms with Crippen LogP contribution in [0, 0.1) is 0 Å². The molecule has 0 N–H and O–H groups in total. The van der Waals surface area contributed by atoms with Crippen LogP contribution >= 0.6 is 0 Å². The van der Waals surface area contributed by atoms with Crippen molar-refractivity contribution in [3.63, 3.8) is 0 Å². The van der Waals surface area contributed by atoms with Gasteiger partial charge in [-0.1, -0.05) is 12.1 Å². The number of fused-ring (bicyclic) bond motifs is 1. The summed E-state index contributed by atoms with van der Waals surface area (Å²) in [5, 5.41) is 1.07. The van der Waals surface area contributed by atoms with Gasteiger partial charge in [-0.2, -0.15) is 0 Å². The van der Waals surface area contributed by atoms with Crippen LogP contribution in [0.1, 0.15) is 0 Å². The van der Waals surface area contributed by atoms with Crippen LogP contribution in [0.2, 0.25) is 0 Å². The summed E-state index contributed by atoms with van der Waals surface area (Å²) in [7, 11) is 6.23. The number of likely N-dealkylation sites (N-methyl/N-ethyl adjacent to an activating group) is 2. The maximum absolute atomic E-state index is 4.81. The van der Waals surface area contributed by atoms with Crippen molar-refractivity contribution in [2.45, 2.75) is 0 Å². The third kappa shape index (κ3) is 3.46. The number of aromatic nitrogens is 3. The first-order valence-electron chi connectivity index (χ1n) is 7.68. The summed E-state index contributed by atoms with van der Waals surface area (Å²) < 4.78 is 0. The Bertz CT molecular complexity index is 786. The normalized spacial score (nSPS) is 11.1. The van der Waals surface area contributed by atoms with Crippen LogP contribution in [0.25, 0.3) is 22.3 Å². The molecule has 0 fully saturated rings. The number of anilines is 1. The lowest BCUT2D eigenvalue weighted by atomic mass is 10.2. The van der Waals surface area contributed by atoms with Gasteiger partial charge in [0.25, 0.3) is 0 Å². The van der Waals surface area contributed by atoms with Gasteiger partial charge in [-0.05, 0) is 38.4 Å². The number of nitrogens with zero attached hydrogens (tertiary/aromatic N) is 5. The van der Waals surface area contributed by atoms with E-state index in [1.807, 2.05) is 30.3 Å². The fourth-order valence-corrected chi connectivity index (χ4v) is 2.43. The standard InChI is InChI=1S/C18H21N5/c1-22(2)11-12-23(3)18-15-8-4-5-9-16(15)20-17(21-18)14-7-6-10-19-13-14/h4-10,13H,11-12H2,1-3H3. The lowest BCUT2D eigenvalue weighted by molar-refractivity contribution is 0.416. The molecule has 1 aromatic carbocycles. The molecule has 0 amide bonds. The van der Waals surface area contributed by atoms with Crippen molar-refractivity contribution in [3.8, 4) is 11.4 Å². The van der Waals surface area contributed by atoms with Crippen LogP contribution in [0.3, 0.4) is 0 Å². The number of hydrogen-bond acceptors (Lipinski definition) is 5. The van der Waals surface area contributed by atoms with E-state index >= 15 is 0 Å². The molecule has 0 spiro atoms. The summed E-state index contributed by atoms with van der Waals surface area (Å²) in [6, 6.07) is 12.0. The average Bonchev–Trinajstić information content (AvgIpc) is 2.59. The highest BCUT2D eigenvalue weighted by molar-refractivity contribution is 5.90. The fraction of sp³-hybridized carbons (Fsp3) is 0.278. The summed E-state index contributed by atoms with van der Waals surface area (Å²) in [6.07, 6.45) is 3.56. The van der Waals surface area contributed by atoms with E-state index in [0.29, 0.717) is 5.82 Å². The average molecular weight is 307 g/mol.